The van der Waals surface area contributed by atoms with Crippen LogP contribution in [0.4, 0.5) is 0 Å². The highest BCUT2D eigenvalue weighted by Gasteiger charge is 2.33. The van der Waals surface area contributed by atoms with E-state index in [0.717, 1.165) is 42.1 Å². The van der Waals surface area contributed by atoms with Gasteiger partial charge in [0.2, 0.25) is 5.91 Å². The number of halogens is 1. The molecule has 1 heterocycles. The summed E-state index contributed by atoms with van der Waals surface area (Å²) in [6.07, 6.45) is 4.46. The molecule has 0 saturated heterocycles. The number of amides is 1. The molecule has 7 heteroatoms. The van der Waals surface area contributed by atoms with Crippen LogP contribution in [-0.2, 0) is 17.8 Å². The van der Waals surface area contributed by atoms with Gasteiger partial charge in [-0.1, -0.05) is 24.4 Å². The Bertz CT molecular complexity index is 711. The van der Waals surface area contributed by atoms with Gasteiger partial charge in [-0.25, -0.2) is 4.98 Å². The molecule has 25 heavy (non-hydrogen) atoms. The van der Waals surface area contributed by atoms with Crippen molar-refractivity contribution in [2.45, 2.75) is 44.2 Å². The molecule has 1 aromatic heterocycles. The van der Waals surface area contributed by atoms with E-state index in [4.69, 9.17) is 22.1 Å². The van der Waals surface area contributed by atoms with E-state index < -0.39 is 0 Å². The highest BCUT2D eigenvalue weighted by molar-refractivity contribution is 7.09. The van der Waals surface area contributed by atoms with Crippen molar-refractivity contribution in [3.8, 4) is 5.75 Å². The molecule has 0 radical (unpaired) electrons. The predicted octanol–water partition coefficient (Wildman–Crippen LogP) is 3.31. The van der Waals surface area contributed by atoms with Gasteiger partial charge in [0.05, 0.1) is 17.7 Å². The van der Waals surface area contributed by atoms with E-state index in [1.165, 1.54) is 11.3 Å². The van der Waals surface area contributed by atoms with Crippen LogP contribution in [0.5, 0.6) is 5.75 Å². The zero-order valence-corrected chi connectivity index (χ0v) is 15.5. The van der Waals surface area contributed by atoms with Gasteiger partial charge in [0, 0.05) is 16.9 Å². The predicted molar refractivity (Wildman–Crippen MR) is 100.0 cm³/mol. The molecule has 1 fully saturated rings. The van der Waals surface area contributed by atoms with E-state index in [2.05, 4.69) is 10.3 Å². The van der Waals surface area contributed by atoms with E-state index in [-0.39, 0.29) is 17.9 Å². The molecule has 0 atom stereocenters. The molecule has 0 unspecified atom stereocenters. The highest BCUT2D eigenvalue weighted by Crippen LogP contribution is 2.28. The molecule has 2 aromatic rings. The molecule has 0 bridgehead atoms. The van der Waals surface area contributed by atoms with Gasteiger partial charge in [0.15, 0.2) is 0 Å². The molecule has 1 aromatic carbocycles. The van der Waals surface area contributed by atoms with Crippen molar-refractivity contribution in [3.63, 3.8) is 0 Å². The van der Waals surface area contributed by atoms with Crippen LogP contribution in [0, 0.1) is 0 Å². The maximum absolute atomic E-state index is 12.3. The lowest BCUT2D eigenvalue weighted by Crippen LogP contribution is -2.52. The zero-order valence-electron chi connectivity index (χ0n) is 14.0. The van der Waals surface area contributed by atoms with Gasteiger partial charge in [0.1, 0.15) is 17.4 Å². The van der Waals surface area contributed by atoms with E-state index in [0.29, 0.717) is 18.2 Å². The van der Waals surface area contributed by atoms with Crippen LogP contribution < -0.4 is 15.8 Å². The molecule has 0 aliphatic heterocycles. The lowest BCUT2D eigenvalue weighted by molar-refractivity contribution is -0.122. The number of rotatable bonds is 7. The number of nitrogens with two attached hydrogens (primary N) is 1. The van der Waals surface area contributed by atoms with Gasteiger partial charge >= 0.3 is 0 Å². The minimum atomic E-state index is -0.215. The maximum Gasteiger partial charge on any atom is 0.226 e. The molecule has 1 aliphatic carbocycles. The van der Waals surface area contributed by atoms with Crippen molar-refractivity contribution in [1.29, 1.82) is 0 Å². The number of benzene rings is 1. The summed E-state index contributed by atoms with van der Waals surface area (Å²) in [5.41, 5.74) is 6.42. The zero-order chi connectivity index (χ0) is 17.7. The van der Waals surface area contributed by atoms with Crippen LogP contribution in [0.1, 0.15) is 36.4 Å². The second-order valence-corrected chi connectivity index (χ2v) is 7.77. The van der Waals surface area contributed by atoms with Gasteiger partial charge in [-0.05, 0) is 37.1 Å². The van der Waals surface area contributed by atoms with Gasteiger partial charge in [0.25, 0.3) is 0 Å². The Morgan fingerprint density at radius 3 is 2.72 bits per heavy atom. The average molecular weight is 380 g/mol. The highest BCUT2D eigenvalue weighted by atomic mass is 35.5. The summed E-state index contributed by atoms with van der Waals surface area (Å²) in [5.74, 6) is 0.729. The van der Waals surface area contributed by atoms with E-state index in [1.54, 1.807) is 12.1 Å². The van der Waals surface area contributed by atoms with Crippen LogP contribution in [0.25, 0.3) is 0 Å². The summed E-state index contributed by atoms with van der Waals surface area (Å²) in [7, 11) is 0. The van der Waals surface area contributed by atoms with Crippen LogP contribution >= 0.6 is 22.9 Å². The number of hydrogen-bond donors (Lipinski definition) is 2. The maximum atomic E-state index is 12.3. The fourth-order valence-corrected chi connectivity index (χ4v) is 3.94. The second-order valence-electron chi connectivity index (χ2n) is 6.39. The molecule has 1 saturated carbocycles. The summed E-state index contributed by atoms with van der Waals surface area (Å²) >= 11 is 7.34. The number of nitrogens with zero attached hydrogens (tertiary/aromatic N) is 1. The summed E-state index contributed by atoms with van der Waals surface area (Å²) < 4.78 is 5.68. The van der Waals surface area contributed by atoms with E-state index in [1.807, 2.05) is 17.5 Å². The third kappa shape index (κ3) is 4.93. The minimum Gasteiger partial charge on any atom is -0.486 e. The number of nitrogens with one attached hydrogen (secondary N) is 1. The van der Waals surface area contributed by atoms with Gasteiger partial charge in [-0.3, -0.25) is 4.79 Å². The smallest absolute Gasteiger partial charge is 0.226 e. The summed E-state index contributed by atoms with van der Waals surface area (Å²) in [6, 6.07) is 7.20. The molecule has 134 valence electrons. The van der Waals surface area contributed by atoms with E-state index in [9.17, 15) is 4.79 Å². The van der Waals surface area contributed by atoms with Crippen molar-refractivity contribution >= 4 is 28.8 Å². The molecule has 5 nitrogen and oxygen atoms in total. The van der Waals surface area contributed by atoms with E-state index >= 15 is 0 Å². The van der Waals surface area contributed by atoms with Crippen LogP contribution in [0.2, 0.25) is 5.02 Å². The number of thiazole rings is 1. The summed E-state index contributed by atoms with van der Waals surface area (Å²) in [4.78, 5) is 16.8. The van der Waals surface area contributed by atoms with Crippen molar-refractivity contribution in [2.24, 2.45) is 5.73 Å². The molecular formula is C18H22ClN3O2S. The number of hydrogen-bond acceptors (Lipinski definition) is 5. The molecule has 3 N–H and O–H groups in total. The Hall–Kier alpha value is -1.63. The Morgan fingerprint density at radius 1 is 1.32 bits per heavy atom. The minimum absolute atomic E-state index is 0.0113. The Morgan fingerprint density at radius 2 is 2.04 bits per heavy atom. The van der Waals surface area contributed by atoms with Crippen molar-refractivity contribution in [2.75, 3.05) is 6.54 Å². The van der Waals surface area contributed by atoms with Crippen LogP contribution in [0.3, 0.4) is 0 Å². The monoisotopic (exact) mass is 379 g/mol. The normalized spacial score (nSPS) is 15.9. The van der Waals surface area contributed by atoms with Crippen molar-refractivity contribution in [1.82, 2.24) is 10.3 Å². The second kappa shape index (κ2) is 8.17. The molecular weight excluding hydrogens is 358 g/mol. The first-order valence-corrected chi connectivity index (χ1v) is 9.67. The summed E-state index contributed by atoms with van der Waals surface area (Å²) in [5, 5.41) is 6.54. The van der Waals surface area contributed by atoms with Crippen molar-refractivity contribution < 1.29 is 9.53 Å². The first-order valence-electron chi connectivity index (χ1n) is 8.41. The lowest BCUT2D eigenvalue weighted by Gasteiger charge is -2.28. The largest absolute Gasteiger partial charge is 0.486 e. The fourth-order valence-electron chi connectivity index (χ4n) is 3.11. The third-order valence-corrected chi connectivity index (χ3v) is 5.60. The van der Waals surface area contributed by atoms with Gasteiger partial charge in [-0.15, -0.1) is 11.3 Å². The molecule has 0 spiro atoms. The fraction of sp³-hybridized carbons (Fsp3) is 0.444. The molecule has 3 rings (SSSR count). The first-order chi connectivity index (χ1) is 12.1. The van der Waals surface area contributed by atoms with Gasteiger partial charge in [-0.2, -0.15) is 0 Å². The SMILES string of the molecule is NCC1(NC(=O)Cc2csc(COc3ccc(Cl)cc3)n2)CCCC1. The average Bonchev–Trinajstić information content (AvgIpc) is 3.24. The number of carbonyl (C=O) groups excluding carboxylic acids is 1. The Balaban J connectivity index is 1.51. The molecule has 1 amide bonds. The van der Waals surface area contributed by atoms with Gasteiger partial charge < -0.3 is 15.8 Å². The number of ether oxygens (including phenoxy) is 1. The van der Waals surface area contributed by atoms with Crippen molar-refractivity contribution in [3.05, 3.63) is 45.4 Å². The lowest BCUT2D eigenvalue weighted by atomic mass is 9.97. The first kappa shape index (κ1) is 18.2. The molecule has 1 aliphatic rings. The van der Waals surface area contributed by atoms with Crippen LogP contribution in [0.15, 0.2) is 29.6 Å². The quantitative estimate of drug-likeness (QED) is 0.773. The van der Waals surface area contributed by atoms with Crippen LogP contribution in [-0.4, -0.2) is 23.0 Å². The number of carbonyl (C=O) groups is 1. The standard InChI is InChI=1S/C18H22ClN3O2S/c19-13-3-5-15(6-4-13)24-10-17-21-14(11-25-17)9-16(23)22-18(12-20)7-1-2-8-18/h3-6,11H,1-2,7-10,12,20H2,(H,22,23). The third-order valence-electron chi connectivity index (χ3n) is 4.47. The topological polar surface area (TPSA) is 77.2 Å². The number of aromatic nitrogens is 1. The Kier molecular flexibility index (Phi) is 5.93. The Labute approximate surface area is 156 Å². The summed E-state index contributed by atoms with van der Waals surface area (Å²) in [6.45, 7) is 0.872.